The maximum Gasteiger partial charge on any atom is 0.500 e. The molecule has 0 fully saturated rings. The maximum absolute atomic E-state index is 5.86. The summed E-state index contributed by atoms with van der Waals surface area (Å²) in [6.45, 7) is 5.98. The van der Waals surface area contributed by atoms with Gasteiger partial charge in [0.2, 0.25) is 0 Å². The van der Waals surface area contributed by atoms with Crippen molar-refractivity contribution in [3.8, 4) is 0 Å². The molecule has 0 aliphatic rings. The second-order valence-corrected chi connectivity index (χ2v) is 7.36. The van der Waals surface area contributed by atoms with Crippen LogP contribution in [0.4, 0.5) is 0 Å². The minimum Gasteiger partial charge on any atom is -0.377 e. The zero-order valence-electron chi connectivity index (χ0n) is 9.72. The fourth-order valence-corrected chi connectivity index (χ4v) is 3.92. The van der Waals surface area contributed by atoms with Crippen LogP contribution in [0.25, 0.3) is 0 Å². The van der Waals surface area contributed by atoms with E-state index >= 15 is 0 Å². The summed E-state index contributed by atoms with van der Waals surface area (Å²) in [5, 5.41) is 0. The van der Waals surface area contributed by atoms with Crippen molar-refractivity contribution in [2.75, 3.05) is 20.1 Å². The molecule has 0 aromatic heterocycles. The van der Waals surface area contributed by atoms with E-state index in [1.54, 1.807) is 14.2 Å². The van der Waals surface area contributed by atoms with E-state index in [9.17, 15) is 0 Å². The van der Waals surface area contributed by atoms with Gasteiger partial charge in [0.15, 0.2) is 0 Å². The Hall–Kier alpha value is 0.387. The molecule has 0 aliphatic carbocycles. The van der Waals surface area contributed by atoms with Gasteiger partial charge in [0.25, 0.3) is 0 Å². The number of hydrogen-bond acceptors (Lipinski definition) is 3. The zero-order valence-corrected chi connectivity index (χ0v) is 11.5. The Kier molecular flexibility index (Phi) is 6.24. The third kappa shape index (κ3) is 5.31. The Balaban J connectivity index is 4.36. The zero-order chi connectivity index (χ0) is 11.2. The van der Waals surface area contributed by atoms with Gasteiger partial charge in [-0.15, -0.1) is 11.6 Å². The van der Waals surface area contributed by atoms with Crippen LogP contribution < -0.4 is 0 Å². The summed E-state index contributed by atoms with van der Waals surface area (Å²) in [6.07, 6.45) is 0.853. The second kappa shape index (κ2) is 6.08. The first kappa shape index (κ1) is 14.4. The van der Waals surface area contributed by atoms with E-state index in [-0.39, 0.29) is 5.60 Å². The predicted octanol–water partition coefficient (Wildman–Crippen LogP) is 2.66. The highest BCUT2D eigenvalue weighted by molar-refractivity contribution is 6.60. The van der Waals surface area contributed by atoms with E-state index in [1.165, 1.54) is 0 Å². The molecule has 0 N–H and O–H groups in total. The molecule has 0 radical (unpaired) electrons. The Bertz CT molecular complexity index is 155. The Labute approximate surface area is 93.1 Å². The van der Waals surface area contributed by atoms with Crippen molar-refractivity contribution in [2.45, 2.75) is 38.8 Å². The lowest BCUT2D eigenvalue weighted by atomic mass is 10.2. The smallest absolute Gasteiger partial charge is 0.377 e. The summed E-state index contributed by atoms with van der Waals surface area (Å²) in [5.74, 6) is 0.606. The summed E-state index contributed by atoms with van der Waals surface area (Å²) in [4.78, 5) is 0. The number of hydrogen-bond donors (Lipinski definition) is 0. The van der Waals surface area contributed by atoms with E-state index in [4.69, 9.17) is 24.9 Å². The topological polar surface area (TPSA) is 27.7 Å². The summed E-state index contributed by atoms with van der Waals surface area (Å²) in [5.41, 5.74) is -0.245. The fourth-order valence-electron chi connectivity index (χ4n) is 1.17. The van der Waals surface area contributed by atoms with Crippen molar-refractivity contribution >= 4 is 20.4 Å². The standard InChI is InChI=1S/C9H21ClO3Si/c1-9(2,3)13-14(11-4,12-5)8-6-7-10/h6-8H2,1-5H3. The van der Waals surface area contributed by atoms with Crippen LogP contribution in [0.2, 0.25) is 6.04 Å². The SMILES string of the molecule is CO[Si](CCCCl)(OC)OC(C)(C)C. The van der Waals surface area contributed by atoms with Crippen LogP contribution >= 0.6 is 11.6 Å². The molecular formula is C9H21ClO3Si. The first-order valence-electron chi connectivity index (χ1n) is 4.75. The molecule has 0 bridgehead atoms. The molecule has 0 aliphatic heterocycles. The highest BCUT2D eigenvalue weighted by Gasteiger charge is 2.41. The van der Waals surface area contributed by atoms with E-state index in [0.29, 0.717) is 5.88 Å². The van der Waals surface area contributed by atoms with Crippen LogP contribution in [0.1, 0.15) is 27.2 Å². The first-order valence-corrected chi connectivity index (χ1v) is 7.22. The highest BCUT2D eigenvalue weighted by Crippen LogP contribution is 2.23. The van der Waals surface area contributed by atoms with E-state index in [0.717, 1.165) is 12.5 Å². The van der Waals surface area contributed by atoms with Crippen molar-refractivity contribution < 1.29 is 13.3 Å². The van der Waals surface area contributed by atoms with Gasteiger partial charge in [0.05, 0.1) is 5.60 Å². The molecular weight excluding hydrogens is 220 g/mol. The van der Waals surface area contributed by atoms with Crippen molar-refractivity contribution in [1.82, 2.24) is 0 Å². The monoisotopic (exact) mass is 240 g/mol. The van der Waals surface area contributed by atoms with Crippen LogP contribution in [-0.4, -0.2) is 34.5 Å². The molecule has 14 heavy (non-hydrogen) atoms. The van der Waals surface area contributed by atoms with Crippen LogP contribution in [-0.2, 0) is 13.3 Å². The van der Waals surface area contributed by atoms with Gasteiger partial charge in [-0.25, -0.2) is 0 Å². The molecule has 5 heteroatoms. The lowest BCUT2D eigenvalue weighted by Crippen LogP contribution is -2.49. The molecule has 0 amide bonds. The molecule has 86 valence electrons. The number of alkyl halides is 1. The third-order valence-electron chi connectivity index (χ3n) is 1.70. The Morgan fingerprint density at radius 1 is 1.14 bits per heavy atom. The maximum atomic E-state index is 5.86. The van der Waals surface area contributed by atoms with Crippen molar-refractivity contribution in [3.63, 3.8) is 0 Å². The normalized spacial score (nSPS) is 13.3. The van der Waals surface area contributed by atoms with Crippen LogP contribution in [0.15, 0.2) is 0 Å². The molecule has 3 nitrogen and oxygen atoms in total. The van der Waals surface area contributed by atoms with Crippen molar-refractivity contribution in [1.29, 1.82) is 0 Å². The van der Waals surface area contributed by atoms with Gasteiger partial charge in [-0.3, -0.25) is 0 Å². The Morgan fingerprint density at radius 2 is 1.64 bits per heavy atom. The average molecular weight is 241 g/mol. The van der Waals surface area contributed by atoms with E-state index in [1.807, 2.05) is 20.8 Å². The van der Waals surface area contributed by atoms with Crippen molar-refractivity contribution in [2.24, 2.45) is 0 Å². The second-order valence-electron chi connectivity index (χ2n) is 4.10. The molecule has 0 saturated heterocycles. The molecule has 0 atom stereocenters. The minimum absolute atomic E-state index is 0.245. The summed E-state index contributed by atoms with van der Waals surface area (Å²) in [7, 11) is 0.785. The van der Waals surface area contributed by atoms with Gasteiger partial charge in [0.1, 0.15) is 0 Å². The van der Waals surface area contributed by atoms with E-state index in [2.05, 4.69) is 0 Å². The first-order chi connectivity index (χ1) is 6.39. The van der Waals surface area contributed by atoms with Gasteiger partial charge in [-0.05, 0) is 27.2 Å². The van der Waals surface area contributed by atoms with Crippen molar-refractivity contribution in [3.05, 3.63) is 0 Å². The molecule has 0 saturated carbocycles. The van der Waals surface area contributed by atoms with Gasteiger partial charge in [0, 0.05) is 26.1 Å². The van der Waals surface area contributed by atoms with Gasteiger partial charge >= 0.3 is 8.80 Å². The lowest BCUT2D eigenvalue weighted by Gasteiger charge is -2.33. The summed E-state index contributed by atoms with van der Waals surface area (Å²) < 4.78 is 16.7. The van der Waals surface area contributed by atoms with Gasteiger partial charge in [-0.1, -0.05) is 0 Å². The molecule has 0 heterocycles. The predicted molar refractivity (Wildman–Crippen MR) is 60.8 cm³/mol. The molecule has 0 spiro atoms. The Morgan fingerprint density at radius 3 is 1.93 bits per heavy atom. The number of rotatable bonds is 6. The highest BCUT2D eigenvalue weighted by atomic mass is 35.5. The fraction of sp³-hybridized carbons (Fsp3) is 1.00. The quantitative estimate of drug-likeness (QED) is 0.528. The molecule has 0 rings (SSSR count). The van der Waals surface area contributed by atoms with Crippen LogP contribution in [0.5, 0.6) is 0 Å². The third-order valence-corrected chi connectivity index (χ3v) is 5.10. The van der Waals surface area contributed by atoms with Crippen LogP contribution in [0, 0.1) is 0 Å². The van der Waals surface area contributed by atoms with Gasteiger partial charge < -0.3 is 13.3 Å². The summed E-state index contributed by atoms with van der Waals surface area (Å²) in [6, 6.07) is 0.765. The largest absolute Gasteiger partial charge is 0.500 e. The minimum atomic E-state index is -2.48. The van der Waals surface area contributed by atoms with E-state index < -0.39 is 8.80 Å². The van der Waals surface area contributed by atoms with Gasteiger partial charge in [-0.2, -0.15) is 0 Å². The number of halogens is 1. The van der Waals surface area contributed by atoms with Crippen LogP contribution in [0.3, 0.4) is 0 Å². The lowest BCUT2D eigenvalue weighted by molar-refractivity contribution is 0.0165. The average Bonchev–Trinajstić information content (AvgIpc) is 2.10. The summed E-state index contributed by atoms with van der Waals surface area (Å²) >= 11 is 5.65. The molecule has 0 aromatic carbocycles. The molecule has 0 unspecified atom stereocenters. The molecule has 0 aromatic rings.